The third-order valence-corrected chi connectivity index (χ3v) is 5.13. The zero-order valence-electron chi connectivity index (χ0n) is 25.3. The lowest BCUT2D eigenvalue weighted by molar-refractivity contribution is 0.116. The van der Waals surface area contributed by atoms with Gasteiger partial charge in [0.15, 0.2) is 23.0 Å². The van der Waals surface area contributed by atoms with E-state index < -0.39 is 27.8 Å². The zero-order chi connectivity index (χ0) is 28.8. The molecule has 0 bridgehead atoms. The highest BCUT2D eigenvalue weighted by atomic mass is 16.5. The van der Waals surface area contributed by atoms with Crippen LogP contribution in [0, 0.1) is 0 Å². The van der Waals surface area contributed by atoms with Crippen LogP contribution in [0.15, 0.2) is 24.3 Å². The summed E-state index contributed by atoms with van der Waals surface area (Å²) in [6, 6.07) is 6.89. The molecule has 0 aliphatic heterocycles. The standard InChI is InChI=1S/C31H48O6/c1-27(2,3)34-23-17-21(32)25(36-29(7,8)9)15-19(23)31(13,14)20-16-26(37-30(10,11)12)22(33)18-24(20)35-28(4,5)6/h15-18,32-33H,1-14H3. The number of phenols is 2. The molecule has 0 aliphatic rings. The molecular weight excluding hydrogens is 468 g/mol. The monoisotopic (exact) mass is 516 g/mol. The van der Waals surface area contributed by atoms with Gasteiger partial charge < -0.3 is 29.2 Å². The SMILES string of the molecule is CC(C)(C)Oc1cc(C(C)(C)c2cc(OC(C)(C)C)c(O)cc2OC(C)(C)C)c(OC(C)(C)C)cc1O. The lowest BCUT2D eigenvalue weighted by Gasteiger charge is -2.35. The maximum Gasteiger partial charge on any atom is 0.162 e. The second-order valence-electron chi connectivity index (χ2n) is 14.1. The summed E-state index contributed by atoms with van der Waals surface area (Å²) in [5.41, 5.74) is -1.17. The van der Waals surface area contributed by atoms with Crippen LogP contribution in [0.1, 0.15) is 108 Å². The quantitative estimate of drug-likeness (QED) is 0.403. The molecule has 6 nitrogen and oxygen atoms in total. The van der Waals surface area contributed by atoms with E-state index >= 15 is 0 Å². The molecule has 0 atom stereocenters. The fraction of sp³-hybridized carbons (Fsp3) is 0.613. The zero-order valence-corrected chi connectivity index (χ0v) is 25.3. The fourth-order valence-electron chi connectivity index (χ4n) is 3.87. The number of hydrogen-bond acceptors (Lipinski definition) is 6. The van der Waals surface area contributed by atoms with E-state index in [9.17, 15) is 10.2 Å². The van der Waals surface area contributed by atoms with Crippen molar-refractivity contribution < 1.29 is 29.2 Å². The molecule has 0 amide bonds. The predicted octanol–water partition coefficient (Wildman–Crippen LogP) is 8.13. The minimum atomic E-state index is -0.714. The first-order valence-corrected chi connectivity index (χ1v) is 12.9. The molecule has 0 saturated heterocycles. The van der Waals surface area contributed by atoms with Crippen molar-refractivity contribution >= 4 is 0 Å². The lowest BCUT2D eigenvalue weighted by atomic mass is 9.76. The third kappa shape index (κ3) is 8.65. The van der Waals surface area contributed by atoms with Gasteiger partial charge in [-0.3, -0.25) is 0 Å². The van der Waals surface area contributed by atoms with Gasteiger partial charge in [0.1, 0.15) is 33.9 Å². The number of aromatic hydroxyl groups is 2. The van der Waals surface area contributed by atoms with E-state index in [2.05, 4.69) is 13.8 Å². The molecule has 0 aromatic heterocycles. The maximum atomic E-state index is 10.8. The van der Waals surface area contributed by atoms with Crippen molar-refractivity contribution in [1.29, 1.82) is 0 Å². The number of hydrogen-bond donors (Lipinski definition) is 2. The van der Waals surface area contributed by atoms with Crippen molar-refractivity contribution in [3.05, 3.63) is 35.4 Å². The Kier molecular flexibility index (Phi) is 8.11. The summed E-state index contributed by atoms with van der Waals surface area (Å²) in [6.07, 6.45) is 0. The Morgan fingerprint density at radius 2 is 0.649 bits per heavy atom. The Labute approximate surface area is 223 Å². The number of benzene rings is 2. The summed E-state index contributed by atoms with van der Waals surface area (Å²) >= 11 is 0. The number of ether oxygens (including phenoxy) is 4. The van der Waals surface area contributed by atoms with Gasteiger partial charge in [-0.15, -0.1) is 0 Å². The Hall–Kier alpha value is -2.76. The fourth-order valence-corrected chi connectivity index (χ4v) is 3.87. The van der Waals surface area contributed by atoms with Crippen LogP contribution in [-0.2, 0) is 5.41 Å². The van der Waals surface area contributed by atoms with E-state index in [4.69, 9.17) is 18.9 Å². The highest BCUT2D eigenvalue weighted by molar-refractivity contribution is 5.60. The summed E-state index contributed by atoms with van der Waals surface area (Å²) in [5, 5.41) is 21.7. The van der Waals surface area contributed by atoms with Crippen LogP contribution < -0.4 is 18.9 Å². The Morgan fingerprint density at radius 3 is 0.892 bits per heavy atom. The minimum Gasteiger partial charge on any atom is -0.504 e. The molecule has 0 spiro atoms. The molecule has 0 aliphatic carbocycles. The first kappa shape index (κ1) is 30.5. The van der Waals surface area contributed by atoms with Crippen molar-refractivity contribution in [2.75, 3.05) is 0 Å². The topological polar surface area (TPSA) is 77.4 Å². The van der Waals surface area contributed by atoms with Crippen LogP contribution >= 0.6 is 0 Å². The van der Waals surface area contributed by atoms with Gasteiger partial charge in [0, 0.05) is 28.7 Å². The van der Waals surface area contributed by atoms with Gasteiger partial charge in [-0.25, -0.2) is 0 Å². The molecule has 2 aromatic carbocycles. The first-order chi connectivity index (χ1) is 16.4. The maximum absolute atomic E-state index is 10.8. The summed E-state index contributed by atoms with van der Waals surface area (Å²) in [5.74, 6) is 1.79. The van der Waals surface area contributed by atoms with Crippen LogP contribution in [-0.4, -0.2) is 32.6 Å². The highest BCUT2D eigenvalue weighted by Crippen LogP contribution is 2.49. The van der Waals surface area contributed by atoms with Crippen LogP contribution in [0.25, 0.3) is 0 Å². The molecule has 2 aromatic rings. The van der Waals surface area contributed by atoms with Gasteiger partial charge in [0.25, 0.3) is 0 Å². The number of rotatable bonds is 6. The van der Waals surface area contributed by atoms with Gasteiger partial charge in [-0.05, 0) is 95.2 Å². The van der Waals surface area contributed by atoms with Crippen molar-refractivity contribution in [3.63, 3.8) is 0 Å². The lowest BCUT2D eigenvalue weighted by Crippen LogP contribution is -2.30. The molecule has 0 heterocycles. The summed E-state index contributed by atoms with van der Waals surface area (Å²) < 4.78 is 24.9. The Balaban J connectivity index is 2.89. The molecule has 6 heteroatoms. The second kappa shape index (κ2) is 9.85. The van der Waals surface area contributed by atoms with Gasteiger partial charge in [-0.1, -0.05) is 13.8 Å². The Bertz CT molecular complexity index is 1020. The first-order valence-electron chi connectivity index (χ1n) is 12.9. The molecular formula is C31H48O6. The molecule has 2 N–H and O–H groups in total. The normalized spacial score (nSPS) is 13.4. The van der Waals surface area contributed by atoms with Gasteiger partial charge in [0.2, 0.25) is 0 Å². The van der Waals surface area contributed by atoms with E-state index in [0.29, 0.717) is 23.0 Å². The smallest absolute Gasteiger partial charge is 0.162 e. The molecule has 37 heavy (non-hydrogen) atoms. The van der Waals surface area contributed by atoms with Crippen LogP contribution in [0.4, 0.5) is 0 Å². The van der Waals surface area contributed by atoms with Crippen LogP contribution in [0.3, 0.4) is 0 Å². The van der Waals surface area contributed by atoms with E-state index in [1.807, 2.05) is 95.2 Å². The largest absolute Gasteiger partial charge is 0.504 e. The summed E-state index contributed by atoms with van der Waals surface area (Å²) in [4.78, 5) is 0. The molecule has 2 rings (SSSR count). The van der Waals surface area contributed by atoms with E-state index in [-0.39, 0.29) is 11.5 Å². The van der Waals surface area contributed by atoms with Crippen molar-refractivity contribution in [3.8, 4) is 34.5 Å². The van der Waals surface area contributed by atoms with Crippen molar-refractivity contribution in [1.82, 2.24) is 0 Å². The third-order valence-electron chi connectivity index (χ3n) is 5.13. The second-order valence-corrected chi connectivity index (χ2v) is 14.1. The average Bonchev–Trinajstić information content (AvgIpc) is 2.61. The predicted molar refractivity (Wildman–Crippen MR) is 150 cm³/mol. The highest BCUT2D eigenvalue weighted by Gasteiger charge is 2.35. The molecule has 0 unspecified atom stereocenters. The summed E-state index contributed by atoms with van der Waals surface area (Å²) in [6.45, 7) is 27.5. The van der Waals surface area contributed by atoms with Crippen LogP contribution in [0.2, 0.25) is 0 Å². The number of phenolic OH excluding ortho intramolecular Hbond substituents is 2. The van der Waals surface area contributed by atoms with Gasteiger partial charge >= 0.3 is 0 Å². The van der Waals surface area contributed by atoms with Gasteiger partial charge in [-0.2, -0.15) is 0 Å². The average molecular weight is 517 g/mol. The van der Waals surface area contributed by atoms with E-state index in [0.717, 1.165) is 11.1 Å². The minimum absolute atomic E-state index is 0.00218. The molecule has 0 saturated carbocycles. The molecule has 208 valence electrons. The summed E-state index contributed by atoms with van der Waals surface area (Å²) in [7, 11) is 0. The van der Waals surface area contributed by atoms with E-state index in [1.165, 1.54) is 0 Å². The van der Waals surface area contributed by atoms with Gasteiger partial charge in [0.05, 0.1) is 0 Å². The molecule has 0 radical (unpaired) electrons. The molecule has 0 fully saturated rings. The van der Waals surface area contributed by atoms with Crippen molar-refractivity contribution in [2.24, 2.45) is 0 Å². The van der Waals surface area contributed by atoms with Crippen LogP contribution in [0.5, 0.6) is 34.5 Å². The van der Waals surface area contributed by atoms with E-state index in [1.54, 1.807) is 12.1 Å². The van der Waals surface area contributed by atoms with Crippen molar-refractivity contribution in [2.45, 2.75) is 125 Å². The Morgan fingerprint density at radius 1 is 0.405 bits per heavy atom.